The molecule has 0 atom stereocenters. The quantitative estimate of drug-likeness (QED) is 0.245. The van der Waals surface area contributed by atoms with Crippen LogP contribution in [0.15, 0.2) is 54.4 Å². The van der Waals surface area contributed by atoms with Gasteiger partial charge in [0, 0.05) is 6.20 Å². The predicted octanol–water partition coefficient (Wildman–Crippen LogP) is 6.43. The van der Waals surface area contributed by atoms with Gasteiger partial charge in [-0.25, -0.2) is 14.6 Å². The van der Waals surface area contributed by atoms with Gasteiger partial charge < -0.3 is 14.8 Å². The molecule has 184 valence electrons. The Morgan fingerprint density at radius 2 is 1.94 bits per heavy atom. The van der Waals surface area contributed by atoms with Crippen molar-refractivity contribution in [3.8, 4) is 5.75 Å². The van der Waals surface area contributed by atoms with Crippen molar-refractivity contribution in [2.75, 3.05) is 10.2 Å². The number of pyridine rings is 1. The number of thiophene rings is 1. The first kappa shape index (κ1) is 23.7. The lowest BCUT2D eigenvalue weighted by Crippen LogP contribution is -2.35. The average molecular weight is 504 g/mol. The summed E-state index contributed by atoms with van der Waals surface area (Å²) in [6.07, 6.45) is 9.60. The van der Waals surface area contributed by atoms with Crippen molar-refractivity contribution in [2.24, 2.45) is 0 Å². The Hall–Kier alpha value is -3.98. The number of ketones is 1. The normalized spacial score (nSPS) is 14.9. The number of aromatic nitrogens is 1. The summed E-state index contributed by atoms with van der Waals surface area (Å²) in [5, 5.41) is 3.41. The van der Waals surface area contributed by atoms with E-state index in [1.807, 2.05) is 37.3 Å². The van der Waals surface area contributed by atoms with E-state index in [1.54, 1.807) is 37.9 Å². The second-order valence-corrected chi connectivity index (χ2v) is 10.5. The van der Waals surface area contributed by atoms with E-state index in [-0.39, 0.29) is 10.6 Å². The van der Waals surface area contributed by atoms with Gasteiger partial charge in [0.25, 0.3) is 5.78 Å². The molecule has 0 fully saturated rings. The molecule has 3 aromatic rings. The highest BCUT2D eigenvalue weighted by atomic mass is 32.1. The summed E-state index contributed by atoms with van der Waals surface area (Å²) in [4.78, 5) is 45.3. The first-order valence-corrected chi connectivity index (χ1v) is 12.4. The van der Waals surface area contributed by atoms with Crippen LogP contribution in [0.25, 0.3) is 10.2 Å². The van der Waals surface area contributed by atoms with Gasteiger partial charge in [0.05, 0.1) is 22.4 Å². The molecular formula is C27H25N3O5S. The van der Waals surface area contributed by atoms with Crippen LogP contribution in [0, 0.1) is 6.92 Å². The van der Waals surface area contributed by atoms with Gasteiger partial charge in [0.1, 0.15) is 26.8 Å². The molecule has 3 heterocycles. The molecule has 1 aromatic carbocycles. The zero-order valence-electron chi connectivity index (χ0n) is 20.4. The van der Waals surface area contributed by atoms with Gasteiger partial charge in [-0.2, -0.15) is 0 Å². The fourth-order valence-corrected chi connectivity index (χ4v) is 5.19. The molecule has 0 saturated carbocycles. The number of rotatable bonds is 5. The molecule has 0 saturated heterocycles. The number of nitrogens with zero attached hydrogens (tertiary/aromatic N) is 2. The van der Waals surface area contributed by atoms with E-state index in [1.165, 1.54) is 0 Å². The van der Waals surface area contributed by atoms with Gasteiger partial charge in [-0.1, -0.05) is 6.08 Å². The molecule has 1 N–H and O–H groups in total. The number of urea groups is 1. The zero-order valence-corrected chi connectivity index (χ0v) is 21.2. The van der Waals surface area contributed by atoms with Gasteiger partial charge >= 0.3 is 12.0 Å². The summed E-state index contributed by atoms with van der Waals surface area (Å²) in [6.45, 7) is 6.97. The van der Waals surface area contributed by atoms with Crippen LogP contribution in [0.1, 0.15) is 48.8 Å². The summed E-state index contributed by atoms with van der Waals surface area (Å²) < 4.78 is 11.2. The molecular weight excluding hydrogens is 478 g/mol. The molecule has 0 spiro atoms. The van der Waals surface area contributed by atoms with E-state index in [9.17, 15) is 14.4 Å². The number of amides is 2. The van der Waals surface area contributed by atoms with Crippen LogP contribution in [0.2, 0.25) is 0 Å². The highest BCUT2D eigenvalue weighted by Crippen LogP contribution is 2.46. The molecule has 1 aliphatic heterocycles. The molecule has 9 heteroatoms. The zero-order chi connectivity index (χ0) is 25.6. The van der Waals surface area contributed by atoms with Crippen LogP contribution in [0.4, 0.5) is 21.9 Å². The van der Waals surface area contributed by atoms with Crippen LogP contribution in [0.3, 0.4) is 0 Å². The molecule has 0 bridgehead atoms. The fraction of sp³-hybridized carbons (Fsp3) is 0.259. The Morgan fingerprint density at radius 3 is 2.64 bits per heavy atom. The molecule has 2 aromatic heterocycles. The van der Waals surface area contributed by atoms with Gasteiger partial charge in [0.2, 0.25) is 0 Å². The third-order valence-electron chi connectivity index (χ3n) is 5.64. The molecule has 1 aliphatic carbocycles. The molecule has 8 nitrogen and oxygen atoms in total. The number of aryl methyl sites for hydroxylation is 1. The lowest BCUT2D eigenvalue weighted by molar-refractivity contribution is -0.148. The number of esters is 1. The molecule has 5 rings (SSSR count). The number of Topliss-reactive ketones (excluding diaryl/α,β-unsaturated/α-hetero) is 1. The Balaban J connectivity index is 1.52. The van der Waals surface area contributed by atoms with Crippen molar-refractivity contribution >= 4 is 56.4 Å². The number of nitrogens with one attached hydrogen (secondary N) is 1. The minimum Gasteiger partial charge on any atom is -0.458 e. The van der Waals surface area contributed by atoms with Crippen molar-refractivity contribution in [1.82, 2.24) is 4.98 Å². The first-order chi connectivity index (χ1) is 17.1. The SMILES string of the molecule is Cc1cc(OC2=CCCC=C2)ccc1N1C(=O)Nc2c(C(=O)C(=O)OC(C)(C)C)sc3nccc1c23. The number of allylic oxidation sites excluding steroid dienone is 3. The van der Waals surface area contributed by atoms with Crippen LogP contribution >= 0.6 is 11.3 Å². The maximum absolute atomic E-state index is 13.3. The monoisotopic (exact) mass is 503 g/mol. The number of carbonyl (C=O) groups is 3. The van der Waals surface area contributed by atoms with E-state index in [2.05, 4.69) is 16.4 Å². The van der Waals surface area contributed by atoms with Gasteiger partial charge in [0.15, 0.2) is 0 Å². The van der Waals surface area contributed by atoms with E-state index >= 15 is 0 Å². The number of hydrogen-bond acceptors (Lipinski definition) is 7. The number of ether oxygens (including phenoxy) is 2. The highest BCUT2D eigenvalue weighted by Gasteiger charge is 2.36. The summed E-state index contributed by atoms with van der Waals surface area (Å²) >= 11 is 1.05. The van der Waals surface area contributed by atoms with Gasteiger partial charge in [-0.15, -0.1) is 11.3 Å². The third kappa shape index (κ3) is 4.37. The Labute approximate surface area is 212 Å². The van der Waals surface area contributed by atoms with Crippen molar-refractivity contribution < 1.29 is 23.9 Å². The number of hydrogen-bond donors (Lipinski definition) is 1. The minimum atomic E-state index is -0.974. The van der Waals surface area contributed by atoms with Gasteiger partial charge in [-0.05, 0) is 82.5 Å². The lowest BCUT2D eigenvalue weighted by Gasteiger charge is -2.29. The van der Waals surface area contributed by atoms with E-state index in [0.717, 1.165) is 35.5 Å². The molecule has 2 amide bonds. The van der Waals surface area contributed by atoms with E-state index in [0.29, 0.717) is 27.3 Å². The smallest absolute Gasteiger partial charge is 0.381 e. The standard InChI is InChI=1S/C27H25N3O5S/c1-15-14-17(34-16-8-6-5-7-9-16)10-11-18(15)30-19-12-13-28-24-20(19)21(29-26(30)33)23(36-24)22(31)25(32)35-27(2,3)4/h6,8-14H,5,7H2,1-4H3,(H,29,33). The third-order valence-corrected chi connectivity index (χ3v) is 6.74. The molecule has 0 unspecified atom stereocenters. The van der Waals surface area contributed by atoms with Crippen molar-refractivity contribution in [2.45, 2.75) is 46.1 Å². The second kappa shape index (κ2) is 8.91. The van der Waals surface area contributed by atoms with Crippen molar-refractivity contribution in [3.05, 3.63) is 64.9 Å². The molecule has 2 aliphatic rings. The Morgan fingerprint density at radius 1 is 1.14 bits per heavy atom. The average Bonchev–Trinajstić information content (AvgIpc) is 3.18. The number of anilines is 3. The largest absolute Gasteiger partial charge is 0.458 e. The summed E-state index contributed by atoms with van der Waals surface area (Å²) in [6, 6.07) is 6.80. The maximum atomic E-state index is 13.3. The molecule has 0 radical (unpaired) electrons. The summed E-state index contributed by atoms with van der Waals surface area (Å²) in [5.74, 6) is -0.317. The maximum Gasteiger partial charge on any atom is 0.381 e. The van der Waals surface area contributed by atoms with E-state index < -0.39 is 23.4 Å². The van der Waals surface area contributed by atoms with Crippen LogP contribution < -0.4 is 15.0 Å². The predicted molar refractivity (Wildman–Crippen MR) is 139 cm³/mol. The number of benzene rings is 1. The highest BCUT2D eigenvalue weighted by molar-refractivity contribution is 7.22. The molecule has 36 heavy (non-hydrogen) atoms. The topological polar surface area (TPSA) is 97.8 Å². The Kier molecular flexibility index (Phi) is 5.88. The van der Waals surface area contributed by atoms with Crippen LogP contribution in [-0.4, -0.2) is 28.4 Å². The Bertz CT molecular complexity index is 1480. The number of carbonyl (C=O) groups excluding carboxylic acids is 3. The van der Waals surface area contributed by atoms with Gasteiger partial charge in [-0.3, -0.25) is 9.69 Å². The fourth-order valence-electron chi connectivity index (χ4n) is 4.14. The van der Waals surface area contributed by atoms with Crippen LogP contribution in [-0.2, 0) is 9.53 Å². The summed E-state index contributed by atoms with van der Waals surface area (Å²) in [7, 11) is 0. The second-order valence-electron chi connectivity index (χ2n) is 9.55. The van der Waals surface area contributed by atoms with Crippen molar-refractivity contribution in [1.29, 1.82) is 0 Å². The minimum absolute atomic E-state index is 0.0986. The summed E-state index contributed by atoms with van der Waals surface area (Å²) in [5.41, 5.74) is 1.53. The lowest BCUT2D eigenvalue weighted by atomic mass is 10.1. The van der Waals surface area contributed by atoms with Crippen molar-refractivity contribution in [3.63, 3.8) is 0 Å². The first-order valence-electron chi connectivity index (χ1n) is 11.6. The van der Waals surface area contributed by atoms with E-state index in [4.69, 9.17) is 9.47 Å². The van der Waals surface area contributed by atoms with Crippen LogP contribution in [0.5, 0.6) is 5.75 Å².